The second kappa shape index (κ2) is 7.46. The van der Waals surface area contributed by atoms with Gasteiger partial charge in [-0.3, -0.25) is 9.59 Å². The van der Waals surface area contributed by atoms with Crippen LogP contribution in [0.15, 0.2) is 34.9 Å². The normalized spacial score (nSPS) is 17.5. The van der Waals surface area contributed by atoms with Gasteiger partial charge in [-0.2, -0.15) is 0 Å². The van der Waals surface area contributed by atoms with Crippen molar-refractivity contribution in [3.8, 4) is 11.3 Å². The molecule has 0 bridgehead atoms. The highest BCUT2D eigenvalue weighted by atomic mass is 19.1. The summed E-state index contributed by atoms with van der Waals surface area (Å²) in [7, 11) is 0. The lowest BCUT2D eigenvalue weighted by molar-refractivity contribution is -0.135. The Kier molecular flexibility index (Phi) is 5.11. The molecule has 1 aliphatic heterocycles. The number of hydrogen-bond donors (Lipinski definition) is 1. The predicted octanol–water partition coefficient (Wildman–Crippen LogP) is 2.14. The zero-order chi connectivity index (χ0) is 17.8. The van der Waals surface area contributed by atoms with Crippen LogP contribution in [0.3, 0.4) is 0 Å². The van der Waals surface area contributed by atoms with E-state index in [4.69, 9.17) is 10.2 Å². The first-order chi connectivity index (χ1) is 12.0. The molecule has 1 unspecified atom stereocenters. The third-order valence-electron chi connectivity index (χ3n) is 4.41. The summed E-state index contributed by atoms with van der Waals surface area (Å²) >= 11 is 0. The first-order valence-corrected chi connectivity index (χ1v) is 8.30. The van der Waals surface area contributed by atoms with Crippen LogP contribution in [0.1, 0.15) is 25.2 Å². The summed E-state index contributed by atoms with van der Waals surface area (Å²) in [5, 5.41) is 0. The van der Waals surface area contributed by atoms with Gasteiger partial charge in [0.2, 0.25) is 11.8 Å². The van der Waals surface area contributed by atoms with Crippen LogP contribution in [0, 0.1) is 11.7 Å². The summed E-state index contributed by atoms with van der Waals surface area (Å²) < 4.78 is 18.6. The zero-order valence-electron chi connectivity index (χ0n) is 13.8. The van der Waals surface area contributed by atoms with Gasteiger partial charge in [0.05, 0.1) is 12.1 Å². The van der Waals surface area contributed by atoms with Crippen molar-refractivity contribution in [3.05, 3.63) is 42.2 Å². The molecule has 0 saturated carbocycles. The third kappa shape index (κ3) is 4.23. The smallest absolute Gasteiger partial charge is 0.223 e. The lowest BCUT2D eigenvalue weighted by atomic mass is 9.97. The molecule has 1 aromatic heterocycles. The zero-order valence-corrected chi connectivity index (χ0v) is 13.8. The number of piperidine rings is 1. The topological polar surface area (TPSA) is 89.4 Å². The maximum absolute atomic E-state index is 13.0. The Balaban J connectivity index is 1.56. The number of benzene rings is 1. The number of likely N-dealkylation sites (tertiary alicyclic amines) is 1. The van der Waals surface area contributed by atoms with Crippen molar-refractivity contribution in [2.45, 2.75) is 25.7 Å². The minimum absolute atomic E-state index is 0.0347. The molecule has 1 atom stereocenters. The molecule has 0 aliphatic carbocycles. The van der Waals surface area contributed by atoms with Gasteiger partial charge < -0.3 is 15.1 Å². The van der Waals surface area contributed by atoms with Gasteiger partial charge in [-0.15, -0.1) is 0 Å². The van der Waals surface area contributed by atoms with E-state index in [9.17, 15) is 14.0 Å². The number of aryl methyl sites for hydroxylation is 1. The summed E-state index contributed by atoms with van der Waals surface area (Å²) in [4.78, 5) is 29.5. The summed E-state index contributed by atoms with van der Waals surface area (Å²) in [5.74, 6) is 0.0290. The maximum Gasteiger partial charge on any atom is 0.223 e. The number of rotatable bonds is 5. The number of halogens is 1. The van der Waals surface area contributed by atoms with Crippen molar-refractivity contribution >= 4 is 11.8 Å². The molecule has 2 heterocycles. The number of hydrogen-bond acceptors (Lipinski definition) is 4. The van der Waals surface area contributed by atoms with Crippen LogP contribution >= 0.6 is 0 Å². The summed E-state index contributed by atoms with van der Waals surface area (Å²) in [5.41, 5.74) is 6.07. The van der Waals surface area contributed by atoms with Crippen LogP contribution in [0.4, 0.5) is 4.39 Å². The quantitative estimate of drug-likeness (QED) is 0.899. The van der Waals surface area contributed by atoms with Gasteiger partial charge in [-0.1, -0.05) is 0 Å². The number of oxazole rings is 1. The van der Waals surface area contributed by atoms with Gasteiger partial charge >= 0.3 is 0 Å². The van der Waals surface area contributed by atoms with E-state index in [1.807, 2.05) is 0 Å². The van der Waals surface area contributed by atoms with Crippen LogP contribution in [0.5, 0.6) is 0 Å². The first-order valence-electron chi connectivity index (χ1n) is 8.30. The highest BCUT2D eigenvalue weighted by Crippen LogP contribution is 2.22. The molecule has 3 rings (SSSR count). The van der Waals surface area contributed by atoms with Crippen molar-refractivity contribution in [1.82, 2.24) is 9.88 Å². The highest BCUT2D eigenvalue weighted by Gasteiger charge is 2.26. The average molecular weight is 345 g/mol. The van der Waals surface area contributed by atoms with E-state index in [1.165, 1.54) is 12.1 Å². The van der Waals surface area contributed by atoms with Gasteiger partial charge in [0.1, 0.15) is 5.82 Å². The number of nitrogens with two attached hydrogens (primary N) is 1. The van der Waals surface area contributed by atoms with Crippen molar-refractivity contribution in [2.75, 3.05) is 13.1 Å². The lowest BCUT2D eigenvalue weighted by Crippen LogP contribution is -2.44. The van der Waals surface area contributed by atoms with Crippen LogP contribution in [-0.2, 0) is 16.0 Å². The molecule has 2 N–H and O–H groups in total. The number of amides is 2. The molecule has 132 valence electrons. The molecule has 7 heteroatoms. The van der Waals surface area contributed by atoms with Crippen molar-refractivity contribution in [2.24, 2.45) is 11.7 Å². The fourth-order valence-electron chi connectivity index (χ4n) is 2.98. The minimum atomic E-state index is -0.353. The number of carbonyl (C=O) groups is 2. The summed E-state index contributed by atoms with van der Waals surface area (Å²) in [6, 6.07) is 5.93. The Morgan fingerprint density at radius 1 is 1.32 bits per heavy atom. The third-order valence-corrected chi connectivity index (χ3v) is 4.41. The predicted molar refractivity (Wildman–Crippen MR) is 88.7 cm³/mol. The second-order valence-corrected chi connectivity index (χ2v) is 6.21. The molecule has 25 heavy (non-hydrogen) atoms. The van der Waals surface area contributed by atoms with E-state index < -0.39 is 0 Å². The minimum Gasteiger partial charge on any atom is -0.441 e. The molecule has 1 fully saturated rings. The fourth-order valence-corrected chi connectivity index (χ4v) is 2.98. The molecular formula is C18H20FN3O3. The molecule has 2 aromatic rings. The number of carbonyl (C=O) groups excluding carboxylic acids is 2. The van der Waals surface area contributed by atoms with E-state index in [-0.39, 0.29) is 30.0 Å². The van der Waals surface area contributed by atoms with Crippen LogP contribution in [0.2, 0.25) is 0 Å². The molecular weight excluding hydrogens is 325 g/mol. The lowest BCUT2D eigenvalue weighted by Gasteiger charge is -2.31. The van der Waals surface area contributed by atoms with E-state index in [2.05, 4.69) is 4.98 Å². The Morgan fingerprint density at radius 3 is 2.80 bits per heavy atom. The Hall–Kier alpha value is -2.70. The maximum atomic E-state index is 13.0. The first kappa shape index (κ1) is 17.1. The van der Waals surface area contributed by atoms with E-state index in [0.29, 0.717) is 31.2 Å². The molecule has 2 amide bonds. The van der Waals surface area contributed by atoms with E-state index in [1.54, 1.807) is 23.2 Å². The van der Waals surface area contributed by atoms with E-state index >= 15 is 0 Å². The van der Waals surface area contributed by atoms with Crippen molar-refractivity contribution in [3.63, 3.8) is 0 Å². The van der Waals surface area contributed by atoms with Gasteiger partial charge in [0.25, 0.3) is 0 Å². The van der Waals surface area contributed by atoms with Gasteiger partial charge in [0.15, 0.2) is 11.7 Å². The van der Waals surface area contributed by atoms with Crippen LogP contribution < -0.4 is 5.73 Å². The number of nitrogens with zero attached hydrogens (tertiary/aromatic N) is 2. The molecule has 0 radical (unpaired) electrons. The number of primary amides is 1. The standard InChI is InChI=1S/C18H20FN3O3/c19-14-5-3-12(4-6-14)15-10-21-16(25-15)7-8-17(23)22-9-1-2-13(11-22)18(20)24/h3-6,10,13H,1-2,7-9,11H2,(H2,20,24). The number of aromatic nitrogens is 1. The fraction of sp³-hybridized carbons (Fsp3) is 0.389. The molecule has 6 nitrogen and oxygen atoms in total. The van der Waals surface area contributed by atoms with Crippen molar-refractivity contribution in [1.29, 1.82) is 0 Å². The molecule has 0 spiro atoms. The second-order valence-electron chi connectivity index (χ2n) is 6.21. The average Bonchev–Trinajstić information content (AvgIpc) is 3.09. The Morgan fingerprint density at radius 2 is 2.08 bits per heavy atom. The van der Waals surface area contributed by atoms with Crippen LogP contribution in [-0.4, -0.2) is 34.8 Å². The summed E-state index contributed by atoms with van der Waals surface area (Å²) in [6.07, 6.45) is 3.72. The van der Waals surface area contributed by atoms with Gasteiger partial charge in [-0.05, 0) is 37.1 Å². The van der Waals surface area contributed by atoms with E-state index in [0.717, 1.165) is 18.4 Å². The Labute approximate surface area is 144 Å². The monoisotopic (exact) mass is 345 g/mol. The largest absolute Gasteiger partial charge is 0.441 e. The van der Waals surface area contributed by atoms with Crippen LogP contribution in [0.25, 0.3) is 11.3 Å². The molecule has 1 saturated heterocycles. The van der Waals surface area contributed by atoms with Gasteiger partial charge in [-0.25, -0.2) is 9.37 Å². The molecule has 1 aliphatic rings. The SMILES string of the molecule is NC(=O)C1CCCN(C(=O)CCc2ncc(-c3ccc(F)cc3)o2)C1. The summed E-state index contributed by atoms with van der Waals surface area (Å²) in [6.45, 7) is 1.04. The van der Waals surface area contributed by atoms with Crippen molar-refractivity contribution < 1.29 is 18.4 Å². The molecule has 1 aromatic carbocycles. The Bertz CT molecular complexity index is 757. The van der Waals surface area contributed by atoms with Gasteiger partial charge in [0, 0.05) is 31.5 Å². The highest BCUT2D eigenvalue weighted by molar-refractivity contribution is 5.80.